The van der Waals surface area contributed by atoms with Crippen LogP contribution in [0.5, 0.6) is 0 Å². The quantitative estimate of drug-likeness (QED) is 0.126. The Bertz CT molecular complexity index is 1790. The van der Waals surface area contributed by atoms with Gasteiger partial charge in [0.1, 0.15) is 0 Å². The van der Waals surface area contributed by atoms with E-state index in [0.717, 1.165) is 22.4 Å². The molecule has 0 aromatic heterocycles. The van der Waals surface area contributed by atoms with Gasteiger partial charge in [-0.2, -0.15) is 35.5 Å². The summed E-state index contributed by atoms with van der Waals surface area (Å²) in [6.45, 7) is 9.16. The number of benzene rings is 5. The zero-order valence-corrected chi connectivity index (χ0v) is 30.7. The summed E-state index contributed by atoms with van der Waals surface area (Å²) in [4.78, 5) is 0. The van der Waals surface area contributed by atoms with Crippen LogP contribution < -0.4 is 10.4 Å². The first-order chi connectivity index (χ1) is 21.4. The van der Waals surface area contributed by atoms with Crippen molar-refractivity contribution in [3.05, 3.63) is 139 Å². The molecule has 1 aliphatic rings. The molecule has 0 amide bonds. The van der Waals surface area contributed by atoms with Gasteiger partial charge >= 0.3 is 37.9 Å². The molecule has 0 aliphatic carbocycles. The van der Waals surface area contributed by atoms with Crippen LogP contribution in [-0.4, -0.2) is 9.52 Å². The van der Waals surface area contributed by atoms with Gasteiger partial charge in [-0.15, -0.1) is 40.1 Å². The second kappa shape index (κ2) is 15.1. The zero-order valence-electron chi connectivity index (χ0n) is 25.7. The van der Waals surface area contributed by atoms with Gasteiger partial charge in [-0.3, -0.25) is 0 Å². The maximum atomic E-state index is 4.93. The van der Waals surface area contributed by atoms with E-state index in [-0.39, 0.29) is 5.41 Å². The fourth-order valence-corrected chi connectivity index (χ4v) is 7.16. The van der Waals surface area contributed by atoms with Crippen LogP contribution in [0.4, 0.5) is 0 Å². The number of aryl methyl sites for hydroxylation is 1. The predicted molar refractivity (Wildman–Crippen MR) is 191 cm³/mol. The molecular weight excluding hydrogens is 671 g/mol. The third-order valence-corrected chi connectivity index (χ3v) is 9.34. The van der Waals surface area contributed by atoms with Crippen LogP contribution in [0.15, 0.2) is 121 Å². The number of halogens is 2. The van der Waals surface area contributed by atoms with Crippen LogP contribution in [0.1, 0.15) is 45.2 Å². The molecule has 1 heterocycles. The minimum Gasteiger partial charge on any atom is -0.184 e. The molecule has 7 rings (SSSR count). The normalized spacial score (nSPS) is 11.4. The van der Waals surface area contributed by atoms with E-state index in [9.17, 15) is 0 Å². The maximum absolute atomic E-state index is 4.93. The molecule has 0 N–H and O–H groups in total. The van der Waals surface area contributed by atoms with Crippen molar-refractivity contribution in [1.29, 1.82) is 0 Å². The maximum Gasteiger partial charge on any atom is 0.0920 e. The van der Waals surface area contributed by atoms with Crippen LogP contribution in [0.25, 0.3) is 44.2 Å². The van der Waals surface area contributed by atoms with Crippen molar-refractivity contribution in [1.82, 2.24) is 0 Å². The smallest absolute Gasteiger partial charge is 0.0920 e. The molecular formula is C40H36Cl2SiZr. The van der Waals surface area contributed by atoms with E-state index in [2.05, 4.69) is 149 Å². The van der Waals surface area contributed by atoms with E-state index in [4.69, 9.17) is 17.0 Å². The molecule has 218 valence electrons. The zero-order chi connectivity index (χ0) is 31.1. The van der Waals surface area contributed by atoms with Crippen molar-refractivity contribution in [2.75, 3.05) is 0 Å². The van der Waals surface area contributed by atoms with Gasteiger partial charge in [-0.1, -0.05) is 135 Å². The van der Waals surface area contributed by atoms with Gasteiger partial charge in [0, 0.05) is 0 Å². The molecule has 6 aromatic carbocycles. The van der Waals surface area contributed by atoms with E-state index in [1.807, 2.05) is 6.07 Å². The van der Waals surface area contributed by atoms with Crippen molar-refractivity contribution in [3.63, 3.8) is 0 Å². The van der Waals surface area contributed by atoms with E-state index in [1.54, 1.807) is 0 Å². The number of fused-ring (bicyclic) bond motifs is 4. The molecule has 0 saturated carbocycles. The largest absolute Gasteiger partial charge is 0.184 e. The van der Waals surface area contributed by atoms with Crippen molar-refractivity contribution in [3.8, 4) is 33.4 Å². The minimum absolute atomic E-state index is 0.153. The van der Waals surface area contributed by atoms with E-state index in [1.165, 1.54) is 65.7 Å². The standard InChI is InChI=1S/C28H29.C12H7Si.2ClH.Zr/c1-5-11-21-16-17-22-18-23(28(2,3)4)19-26(22)27(21)25-15-10-9-14-24(25)20-12-7-6-8-13-20;1-3-7-11-9(5-1)10-6-2-4-8-12(10)13-11;;;/h6-10,12-19H,5,11H2,1-4H3;1-7H;2*1H;/q2*-1;;;+4/p-2. The first-order valence-electron chi connectivity index (χ1n) is 15.1. The Morgan fingerprint density at radius 3 is 2.09 bits per heavy atom. The fraction of sp³-hybridized carbons (Fsp3) is 0.175. The summed E-state index contributed by atoms with van der Waals surface area (Å²) in [5.41, 5.74) is 11.1. The summed E-state index contributed by atoms with van der Waals surface area (Å²) in [7, 11) is 10.7. The van der Waals surface area contributed by atoms with E-state index in [0.29, 0.717) is 0 Å². The van der Waals surface area contributed by atoms with Gasteiger partial charge in [-0.05, 0) is 28.5 Å². The van der Waals surface area contributed by atoms with Crippen LogP contribution in [0, 0.1) is 6.07 Å². The monoisotopic (exact) mass is 704 g/mol. The topological polar surface area (TPSA) is 0 Å². The number of hydrogen-bond acceptors (Lipinski definition) is 0. The molecule has 44 heavy (non-hydrogen) atoms. The Morgan fingerprint density at radius 1 is 0.750 bits per heavy atom. The number of hydrogen-bond donors (Lipinski definition) is 0. The minimum atomic E-state index is -0.826. The van der Waals surface area contributed by atoms with Gasteiger partial charge in [-0.25, -0.2) is 0 Å². The van der Waals surface area contributed by atoms with Crippen LogP contribution in [-0.2, 0) is 32.7 Å². The average molecular weight is 707 g/mol. The molecule has 0 saturated heterocycles. The number of rotatable bonds is 4. The van der Waals surface area contributed by atoms with Crippen LogP contribution in [0.2, 0.25) is 0 Å². The molecule has 2 radical (unpaired) electrons. The molecule has 0 fully saturated rings. The van der Waals surface area contributed by atoms with Crippen LogP contribution in [0.3, 0.4) is 0 Å². The molecule has 4 heteroatoms. The summed E-state index contributed by atoms with van der Waals surface area (Å²) >= 11 is -0.826. The van der Waals surface area contributed by atoms with Crippen molar-refractivity contribution < 1.29 is 20.8 Å². The second-order valence-corrected chi connectivity index (χ2v) is 17.0. The summed E-state index contributed by atoms with van der Waals surface area (Å²) in [6.07, 6.45) is 2.25. The van der Waals surface area contributed by atoms with Gasteiger partial charge < -0.3 is 0 Å². The van der Waals surface area contributed by atoms with Crippen molar-refractivity contribution >= 4 is 47.7 Å². The van der Waals surface area contributed by atoms with E-state index >= 15 is 0 Å². The Balaban J connectivity index is 0.000000198. The summed E-state index contributed by atoms with van der Waals surface area (Å²) in [5.74, 6) is 0. The fourth-order valence-electron chi connectivity index (χ4n) is 5.85. The van der Waals surface area contributed by atoms with Crippen molar-refractivity contribution in [2.24, 2.45) is 0 Å². The SMILES string of the molecule is CCCc1ccc2[cH-]c(C(C)(C)C)cc2c1-c1ccccc1-c1ccccc1.[Cl][Zr+2][Cl].[c-]1cccc2c1[Si]c1ccccc1-2. The summed E-state index contributed by atoms with van der Waals surface area (Å²) < 4.78 is 0. The van der Waals surface area contributed by atoms with Crippen molar-refractivity contribution in [2.45, 2.75) is 46.0 Å². The van der Waals surface area contributed by atoms with Gasteiger partial charge in [0.2, 0.25) is 0 Å². The molecule has 0 spiro atoms. The summed E-state index contributed by atoms with van der Waals surface area (Å²) in [6, 6.07) is 47.2. The average Bonchev–Trinajstić information content (AvgIpc) is 3.65. The Morgan fingerprint density at radius 2 is 1.39 bits per heavy atom. The summed E-state index contributed by atoms with van der Waals surface area (Å²) in [5, 5.41) is 5.56. The van der Waals surface area contributed by atoms with Gasteiger partial charge in [0.25, 0.3) is 0 Å². The Kier molecular flexibility index (Phi) is 11.3. The van der Waals surface area contributed by atoms with Gasteiger partial charge in [0.15, 0.2) is 0 Å². The third-order valence-electron chi connectivity index (χ3n) is 7.98. The molecule has 0 nitrogen and oxygen atoms in total. The molecule has 0 bridgehead atoms. The Labute approximate surface area is 284 Å². The van der Waals surface area contributed by atoms with E-state index < -0.39 is 20.8 Å². The molecule has 0 atom stereocenters. The van der Waals surface area contributed by atoms with Crippen LogP contribution >= 0.6 is 17.0 Å². The third kappa shape index (κ3) is 7.43. The first kappa shape index (κ1) is 32.8. The molecule has 0 unspecified atom stereocenters. The second-order valence-electron chi connectivity index (χ2n) is 12.0. The predicted octanol–water partition coefficient (Wildman–Crippen LogP) is 10.6. The van der Waals surface area contributed by atoms with Gasteiger partial charge in [0.05, 0.1) is 9.52 Å². The molecule has 6 aromatic rings. The Hall–Kier alpha value is -2.61. The molecule has 1 aliphatic heterocycles. The first-order valence-corrected chi connectivity index (χ1v) is 22.4.